The Morgan fingerprint density at radius 3 is 2.82 bits per heavy atom. The minimum absolute atomic E-state index is 0.180. The van der Waals surface area contributed by atoms with E-state index in [0.29, 0.717) is 24.1 Å². The fourth-order valence-electron chi connectivity index (χ4n) is 1.74. The van der Waals surface area contributed by atoms with Gasteiger partial charge in [-0.25, -0.2) is 9.38 Å². The molecule has 2 rings (SSSR count). The largest absolute Gasteiger partial charge is 0.370 e. The van der Waals surface area contributed by atoms with Crippen LogP contribution >= 0.6 is 0 Å². The average Bonchev–Trinajstić information content (AvgIpc) is 3.13. The zero-order valence-electron chi connectivity index (χ0n) is 10.3. The number of guanidine groups is 1. The third-order valence-corrected chi connectivity index (χ3v) is 3.10. The number of benzene rings is 1. The average molecular weight is 235 g/mol. The summed E-state index contributed by atoms with van der Waals surface area (Å²) >= 11 is 0. The van der Waals surface area contributed by atoms with Crippen LogP contribution in [0.3, 0.4) is 0 Å². The summed E-state index contributed by atoms with van der Waals surface area (Å²) in [7, 11) is 1.96. The minimum Gasteiger partial charge on any atom is -0.370 e. The predicted octanol–water partition coefficient (Wildman–Crippen LogP) is 2.04. The first-order valence-electron chi connectivity index (χ1n) is 5.85. The number of halogens is 1. The maximum atomic E-state index is 13.1. The normalized spacial score (nSPS) is 16.1. The fourth-order valence-corrected chi connectivity index (χ4v) is 1.74. The highest BCUT2D eigenvalue weighted by atomic mass is 19.1. The van der Waals surface area contributed by atoms with Crippen LogP contribution in [-0.4, -0.2) is 23.9 Å². The topological polar surface area (TPSA) is 41.6 Å². The Bertz CT molecular complexity index is 438. The van der Waals surface area contributed by atoms with Crippen LogP contribution in [0.25, 0.3) is 0 Å². The molecule has 0 amide bonds. The molecule has 17 heavy (non-hydrogen) atoms. The highest BCUT2D eigenvalue weighted by Gasteiger charge is 2.27. The van der Waals surface area contributed by atoms with Crippen molar-refractivity contribution < 1.29 is 4.39 Å². The van der Waals surface area contributed by atoms with E-state index in [9.17, 15) is 4.39 Å². The Morgan fingerprint density at radius 2 is 2.24 bits per heavy atom. The summed E-state index contributed by atoms with van der Waals surface area (Å²) in [5.41, 5.74) is 7.50. The van der Waals surface area contributed by atoms with E-state index in [1.165, 1.54) is 18.9 Å². The zero-order valence-corrected chi connectivity index (χ0v) is 10.3. The molecule has 0 saturated heterocycles. The fraction of sp³-hybridized carbons (Fsp3) is 0.462. The summed E-state index contributed by atoms with van der Waals surface area (Å²) < 4.78 is 13.1. The van der Waals surface area contributed by atoms with E-state index in [-0.39, 0.29) is 5.82 Å². The van der Waals surface area contributed by atoms with Crippen LogP contribution < -0.4 is 5.73 Å². The van der Waals surface area contributed by atoms with Crippen LogP contribution in [0.4, 0.5) is 4.39 Å². The Hall–Kier alpha value is -1.58. The van der Waals surface area contributed by atoms with Gasteiger partial charge in [0.05, 0.1) is 6.54 Å². The number of hydrogen-bond acceptors (Lipinski definition) is 1. The Kier molecular flexibility index (Phi) is 3.31. The maximum absolute atomic E-state index is 13.1. The van der Waals surface area contributed by atoms with Gasteiger partial charge in [-0.2, -0.15) is 0 Å². The highest BCUT2D eigenvalue weighted by Crippen LogP contribution is 2.24. The lowest BCUT2D eigenvalue weighted by molar-refractivity contribution is 0.487. The summed E-state index contributed by atoms with van der Waals surface area (Å²) in [5, 5.41) is 0. The number of rotatable bonds is 3. The molecular formula is C13H18FN3. The first-order valence-corrected chi connectivity index (χ1v) is 5.85. The molecule has 1 aromatic carbocycles. The van der Waals surface area contributed by atoms with Crippen LogP contribution in [0.2, 0.25) is 0 Å². The monoisotopic (exact) mass is 235 g/mol. The summed E-state index contributed by atoms with van der Waals surface area (Å²) in [5.74, 6) is 0.385. The van der Waals surface area contributed by atoms with Crippen molar-refractivity contribution in [2.75, 3.05) is 7.05 Å². The van der Waals surface area contributed by atoms with Crippen LogP contribution in [-0.2, 0) is 6.54 Å². The second-order valence-corrected chi connectivity index (χ2v) is 4.60. The van der Waals surface area contributed by atoms with Crippen molar-refractivity contribution in [3.63, 3.8) is 0 Å². The molecule has 2 N–H and O–H groups in total. The van der Waals surface area contributed by atoms with Gasteiger partial charge in [0.1, 0.15) is 5.82 Å². The molecule has 0 heterocycles. The van der Waals surface area contributed by atoms with E-state index in [2.05, 4.69) is 4.99 Å². The van der Waals surface area contributed by atoms with Gasteiger partial charge in [-0.15, -0.1) is 0 Å². The van der Waals surface area contributed by atoms with Gasteiger partial charge in [0.15, 0.2) is 5.96 Å². The lowest BCUT2D eigenvalue weighted by atomic mass is 10.1. The second kappa shape index (κ2) is 4.73. The summed E-state index contributed by atoms with van der Waals surface area (Å²) in [4.78, 5) is 6.33. The van der Waals surface area contributed by atoms with Crippen LogP contribution in [0, 0.1) is 12.7 Å². The first kappa shape index (κ1) is 11.9. The van der Waals surface area contributed by atoms with Gasteiger partial charge >= 0.3 is 0 Å². The molecule has 1 saturated carbocycles. The van der Waals surface area contributed by atoms with Crippen molar-refractivity contribution in [3.8, 4) is 0 Å². The molecule has 0 unspecified atom stereocenters. The van der Waals surface area contributed by atoms with Crippen molar-refractivity contribution in [1.82, 2.24) is 4.90 Å². The van der Waals surface area contributed by atoms with Gasteiger partial charge in [0, 0.05) is 13.1 Å². The SMILES string of the molecule is Cc1cc(CN=C(N)N(C)C2CC2)ccc1F. The molecule has 0 radical (unpaired) electrons. The number of hydrogen-bond donors (Lipinski definition) is 1. The van der Waals surface area contributed by atoms with Crippen LogP contribution in [0.1, 0.15) is 24.0 Å². The zero-order chi connectivity index (χ0) is 12.4. The molecule has 0 aromatic heterocycles. The van der Waals surface area contributed by atoms with Crippen molar-refractivity contribution >= 4 is 5.96 Å². The number of nitrogens with two attached hydrogens (primary N) is 1. The van der Waals surface area contributed by atoms with E-state index in [4.69, 9.17) is 5.73 Å². The van der Waals surface area contributed by atoms with E-state index in [1.54, 1.807) is 13.0 Å². The molecule has 1 fully saturated rings. The standard InChI is InChI=1S/C13H18FN3/c1-9-7-10(3-6-12(9)14)8-16-13(15)17(2)11-4-5-11/h3,6-7,11H,4-5,8H2,1-2H3,(H2,15,16). The molecule has 1 aromatic rings. The molecule has 3 nitrogen and oxygen atoms in total. The van der Waals surface area contributed by atoms with E-state index >= 15 is 0 Å². The van der Waals surface area contributed by atoms with Crippen LogP contribution in [0.15, 0.2) is 23.2 Å². The summed E-state index contributed by atoms with van der Waals surface area (Å²) in [6.45, 7) is 2.26. The van der Waals surface area contributed by atoms with Gasteiger partial charge in [-0.3, -0.25) is 0 Å². The molecule has 1 aliphatic rings. The lowest BCUT2D eigenvalue weighted by Crippen LogP contribution is -2.35. The van der Waals surface area contributed by atoms with Gasteiger partial charge in [0.25, 0.3) is 0 Å². The van der Waals surface area contributed by atoms with Crippen molar-refractivity contribution in [1.29, 1.82) is 0 Å². The van der Waals surface area contributed by atoms with Crippen LogP contribution in [0.5, 0.6) is 0 Å². The highest BCUT2D eigenvalue weighted by molar-refractivity contribution is 5.78. The molecule has 0 aliphatic heterocycles. The molecular weight excluding hydrogens is 217 g/mol. The molecule has 4 heteroatoms. The number of aryl methyl sites for hydroxylation is 1. The number of aliphatic imine (C=N–C) groups is 1. The van der Waals surface area contributed by atoms with E-state index in [0.717, 1.165) is 5.56 Å². The van der Waals surface area contributed by atoms with Gasteiger partial charge < -0.3 is 10.6 Å². The third kappa shape index (κ3) is 2.96. The molecule has 0 atom stereocenters. The quantitative estimate of drug-likeness (QED) is 0.643. The van der Waals surface area contributed by atoms with Gasteiger partial charge in [-0.1, -0.05) is 12.1 Å². The van der Waals surface area contributed by atoms with Gasteiger partial charge in [-0.05, 0) is 37.0 Å². The second-order valence-electron chi connectivity index (χ2n) is 4.60. The van der Waals surface area contributed by atoms with Crippen molar-refractivity contribution in [3.05, 3.63) is 35.1 Å². The van der Waals surface area contributed by atoms with Crippen molar-refractivity contribution in [2.24, 2.45) is 10.7 Å². The van der Waals surface area contributed by atoms with E-state index in [1.807, 2.05) is 18.0 Å². The van der Waals surface area contributed by atoms with Crippen molar-refractivity contribution in [2.45, 2.75) is 32.4 Å². The Balaban J connectivity index is 2.00. The number of nitrogens with zero attached hydrogens (tertiary/aromatic N) is 2. The third-order valence-electron chi connectivity index (χ3n) is 3.10. The molecule has 0 spiro atoms. The summed E-state index contributed by atoms with van der Waals surface area (Å²) in [6, 6.07) is 5.59. The smallest absolute Gasteiger partial charge is 0.191 e. The first-order chi connectivity index (χ1) is 8.08. The van der Waals surface area contributed by atoms with E-state index < -0.39 is 0 Å². The Morgan fingerprint density at radius 1 is 1.53 bits per heavy atom. The van der Waals surface area contributed by atoms with Gasteiger partial charge in [0.2, 0.25) is 0 Å². The molecule has 1 aliphatic carbocycles. The minimum atomic E-state index is -0.180. The Labute approximate surface area is 101 Å². The molecule has 92 valence electrons. The molecule has 0 bridgehead atoms. The lowest BCUT2D eigenvalue weighted by Gasteiger charge is -2.16. The predicted molar refractivity (Wildman–Crippen MR) is 67.2 cm³/mol. The maximum Gasteiger partial charge on any atom is 0.191 e. The summed E-state index contributed by atoms with van der Waals surface area (Å²) in [6.07, 6.45) is 2.39.